The van der Waals surface area contributed by atoms with Crippen LogP contribution in [-0.4, -0.2) is 62.4 Å². The molecule has 1 N–H and O–H groups in total. The minimum Gasteiger partial charge on any atom is -0.509 e. The highest BCUT2D eigenvalue weighted by Crippen LogP contribution is 2.48. The number of carbonyl (C=O) groups is 1. The number of nitrogens with zero attached hydrogens (tertiary/aromatic N) is 2. The zero-order valence-corrected chi connectivity index (χ0v) is 23.3. The molecule has 2 aliphatic heterocycles. The largest absolute Gasteiger partial charge is 0.509 e. The Balaban J connectivity index is 2.16. The van der Waals surface area contributed by atoms with Gasteiger partial charge in [-0.1, -0.05) is 52.8 Å². The molecule has 8 nitrogen and oxygen atoms in total. The van der Waals surface area contributed by atoms with Crippen LogP contribution in [0.15, 0.2) is 39.8 Å². The lowest BCUT2D eigenvalue weighted by atomic mass is 9.84. The van der Waals surface area contributed by atoms with E-state index in [1.807, 2.05) is 20.8 Å². The molecule has 35 heavy (non-hydrogen) atoms. The molecule has 2 aliphatic rings. The number of sulfonamides is 1. The maximum atomic E-state index is 13.7. The van der Waals surface area contributed by atoms with Crippen LogP contribution in [0.4, 0.5) is 0 Å². The molecular formula is C25H36N2O6S2. The maximum absolute atomic E-state index is 13.7. The Morgan fingerprint density at radius 1 is 1.20 bits per heavy atom. The van der Waals surface area contributed by atoms with Gasteiger partial charge in [-0.3, -0.25) is 4.79 Å². The van der Waals surface area contributed by atoms with E-state index in [1.165, 1.54) is 7.05 Å². The Kier molecular flexibility index (Phi) is 6.85. The topological polar surface area (TPSA) is 112 Å². The SMILES string of the molecule is CC(C)[C@@]1(C)C(O)=C(C2=CS(=O)(=O)c3c(CN(C)S(C)(=O)=O)cccc32)C(=O)N1CCC(C)(C)C. The molecule has 2 heterocycles. The van der Waals surface area contributed by atoms with Crippen LogP contribution in [0, 0.1) is 11.3 Å². The summed E-state index contributed by atoms with van der Waals surface area (Å²) in [7, 11) is -6.14. The van der Waals surface area contributed by atoms with Crippen LogP contribution in [0.1, 0.15) is 59.1 Å². The van der Waals surface area contributed by atoms with Crippen LogP contribution in [0.2, 0.25) is 0 Å². The van der Waals surface area contributed by atoms with Gasteiger partial charge < -0.3 is 10.0 Å². The molecule has 1 atom stereocenters. The average Bonchev–Trinajstić information content (AvgIpc) is 3.07. The number of hydrogen-bond acceptors (Lipinski definition) is 6. The van der Waals surface area contributed by atoms with Gasteiger partial charge in [-0.05, 0) is 30.2 Å². The zero-order chi connectivity index (χ0) is 26.7. The van der Waals surface area contributed by atoms with Gasteiger partial charge in [0, 0.05) is 36.7 Å². The minimum absolute atomic E-state index is 0.00829. The Labute approximate surface area is 209 Å². The molecule has 0 radical (unpaired) electrons. The van der Waals surface area contributed by atoms with Crippen molar-refractivity contribution >= 4 is 31.3 Å². The third-order valence-corrected chi connectivity index (χ3v) is 9.98. The van der Waals surface area contributed by atoms with Crippen molar-refractivity contribution in [2.75, 3.05) is 19.8 Å². The highest BCUT2D eigenvalue weighted by atomic mass is 32.2. The number of hydrogen-bond donors (Lipinski definition) is 1. The molecule has 0 aliphatic carbocycles. The van der Waals surface area contributed by atoms with E-state index in [-0.39, 0.29) is 39.7 Å². The predicted octanol–water partition coefficient (Wildman–Crippen LogP) is 3.71. The van der Waals surface area contributed by atoms with E-state index in [4.69, 9.17) is 0 Å². The smallest absolute Gasteiger partial charge is 0.258 e. The van der Waals surface area contributed by atoms with Crippen LogP contribution < -0.4 is 0 Å². The second-order valence-corrected chi connectivity index (χ2v) is 15.0. The van der Waals surface area contributed by atoms with E-state index in [1.54, 1.807) is 23.1 Å². The molecule has 0 aromatic heterocycles. The fraction of sp³-hybridized carbons (Fsp3) is 0.560. The molecule has 194 valence electrons. The van der Waals surface area contributed by atoms with Gasteiger partial charge >= 0.3 is 0 Å². The van der Waals surface area contributed by atoms with Crippen LogP contribution in [0.3, 0.4) is 0 Å². The Morgan fingerprint density at radius 2 is 1.80 bits per heavy atom. The van der Waals surface area contributed by atoms with Gasteiger partial charge in [-0.25, -0.2) is 21.1 Å². The molecule has 0 saturated carbocycles. The second-order valence-electron chi connectivity index (χ2n) is 11.2. The van der Waals surface area contributed by atoms with E-state index in [9.17, 15) is 26.7 Å². The van der Waals surface area contributed by atoms with Crippen molar-refractivity contribution < 1.29 is 26.7 Å². The first-order valence-corrected chi connectivity index (χ1v) is 15.0. The number of fused-ring (bicyclic) bond motifs is 1. The first-order chi connectivity index (χ1) is 15.8. The molecule has 0 fully saturated rings. The summed E-state index contributed by atoms with van der Waals surface area (Å²) >= 11 is 0. The van der Waals surface area contributed by atoms with Crippen molar-refractivity contribution in [3.63, 3.8) is 0 Å². The molecular weight excluding hydrogens is 488 g/mol. The molecule has 0 saturated heterocycles. The number of benzene rings is 1. The van der Waals surface area contributed by atoms with Crippen molar-refractivity contribution in [3.8, 4) is 0 Å². The lowest BCUT2D eigenvalue weighted by molar-refractivity contribution is -0.131. The predicted molar refractivity (Wildman–Crippen MR) is 137 cm³/mol. The summed E-state index contributed by atoms with van der Waals surface area (Å²) in [6, 6.07) is 4.79. The van der Waals surface area contributed by atoms with Gasteiger partial charge in [-0.15, -0.1) is 0 Å². The van der Waals surface area contributed by atoms with Gasteiger partial charge in [0.15, 0.2) is 0 Å². The quantitative estimate of drug-likeness (QED) is 0.582. The first-order valence-electron chi connectivity index (χ1n) is 11.6. The molecule has 1 aromatic rings. The van der Waals surface area contributed by atoms with Crippen LogP contribution in [0.25, 0.3) is 5.57 Å². The standard InChI is InChI=1S/C25H36N2O6S2/c1-16(2)25(6)22(28)20(23(29)27(25)13-12-24(3,4)5)19-15-35(32,33)21-17(10-9-11-18(19)21)14-26(7)34(8,30)31/h9-11,15-16,28H,12-14H2,1-8H3/t25-/m0/s1. The summed E-state index contributed by atoms with van der Waals surface area (Å²) in [6.07, 6.45) is 1.75. The fourth-order valence-electron chi connectivity index (χ4n) is 4.52. The summed E-state index contributed by atoms with van der Waals surface area (Å²) in [5.74, 6) is -0.674. The monoisotopic (exact) mass is 524 g/mol. The summed E-state index contributed by atoms with van der Waals surface area (Å²) in [5.41, 5.74) is -0.284. The zero-order valence-electron chi connectivity index (χ0n) is 21.7. The van der Waals surface area contributed by atoms with E-state index in [0.29, 0.717) is 24.1 Å². The van der Waals surface area contributed by atoms with Crippen LogP contribution in [-0.2, 0) is 31.2 Å². The molecule has 0 spiro atoms. The van der Waals surface area contributed by atoms with Crippen molar-refractivity contribution in [1.82, 2.24) is 9.21 Å². The van der Waals surface area contributed by atoms with Gasteiger partial charge in [0.05, 0.1) is 16.7 Å². The number of rotatable bonds is 7. The van der Waals surface area contributed by atoms with Crippen LogP contribution >= 0.6 is 0 Å². The van der Waals surface area contributed by atoms with Gasteiger partial charge in [-0.2, -0.15) is 0 Å². The van der Waals surface area contributed by atoms with Gasteiger partial charge in [0.1, 0.15) is 11.3 Å². The minimum atomic E-state index is -3.97. The molecule has 3 rings (SSSR count). The maximum Gasteiger partial charge on any atom is 0.258 e. The second kappa shape index (κ2) is 8.74. The molecule has 10 heteroatoms. The summed E-state index contributed by atoms with van der Waals surface area (Å²) in [5, 5.41) is 12.4. The number of aliphatic hydroxyl groups excluding tert-OH is 1. The van der Waals surface area contributed by atoms with E-state index in [2.05, 4.69) is 20.8 Å². The summed E-state index contributed by atoms with van der Waals surface area (Å²) in [4.78, 5) is 15.4. The third kappa shape index (κ3) is 4.80. The molecule has 1 amide bonds. The number of carbonyl (C=O) groups excluding carboxylic acids is 1. The first kappa shape index (κ1) is 27.4. The average molecular weight is 525 g/mol. The number of sulfone groups is 1. The Bertz CT molecular complexity index is 1330. The van der Waals surface area contributed by atoms with E-state index in [0.717, 1.165) is 16.0 Å². The third-order valence-electron chi connectivity index (χ3n) is 7.12. The van der Waals surface area contributed by atoms with Gasteiger partial charge in [0.2, 0.25) is 19.9 Å². The van der Waals surface area contributed by atoms with E-state index >= 15 is 0 Å². The van der Waals surface area contributed by atoms with Crippen molar-refractivity contribution in [2.24, 2.45) is 11.3 Å². The summed E-state index contributed by atoms with van der Waals surface area (Å²) < 4.78 is 51.4. The van der Waals surface area contributed by atoms with Crippen molar-refractivity contribution in [1.29, 1.82) is 0 Å². The Morgan fingerprint density at radius 3 is 2.31 bits per heavy atom. The van der Waals surface area contributed by atoms with Crippen molar-refractivity contribution in [3.05, 3.63) is 46.1 Å². The van der Waals surface area contributed by atoms with Crippen molar-refractivity contribution in [2.45, 2.75) is 64.9 Å². The highest BCUT2D eigenvalue weighted by Gasteiger charge is 2.52. The number of aliphatic hydroxyl groups is 1. The van der Waals surface area contributed by atoms with E-state index < -0.39 is 31.3 Å². The molecule has 0 bridgehead atoms. The summed E-state index contributed by atoms with van der Waals surface area (Å²) in [6.45, 7) is 12.2. The fourth-order valence-corrected chi connectivity index (χ4v) is 6.55. The number of amides is 1. The van der Waals surface area contributed by atoms with Crippen LogP contribution in [0.5, 0.6) is 0 Å². The highest BCUT2D eigenvalue weighted by molar-refractivity contribution is 7.95. The lowest BCUT2D eigenvalue weighted by Crippen LogP contribution is -2.50. The van der Waals surface area contributed by atoms with Gasteiger partial charge in [0.25, 0.3) is 5.91 Å². The lowest BCUT2D eigenvalue weighted by Gasteiger charge is -2.40. The molecule has 0 unspecified atom stereocenters. The molecule has 1 aromatic carbocycles. The normalized spacial score (nSPS) is 22.4. The Hall–Kier alpha value is -2.17.